The minimum Gasteiger partial charge on any atom is -0.497 e. The SMILES string of the molecule is COc1ccc(N2C(=S)N[C@@H](c3ccccn3)[C@H]2c2cccn2-c2ccccc2OC)cc1. The third-order valence-electron chi connectivity index (χ3n) is 5.88. The molecule has 1 aliphatic rings. The van der Waals surface area contributed by atoms with Crippen LogP contribution in [0, 0.1) is 0 Å². The van der Waals surface area contributed by atoms with Gasteiger partial charge in [0.1, 0.15) is 17.5 Å². The number of hydrogen-bond donors (Lipinski definition) is 1. The highest BCUT2D eigenvalue weighted by Gasteiger charge is 2.42. The van der Waals surface area contributed by atoms with Gasteiger partial charge >= 0.3 is 0 Å². The van der Waals surface area contributed by atoms with E-state index in [1.54, 1.807) is 14.2 Å². The molecule has 5 rings (SSSR count). The Labute approximate surface area is 198 Å². The van der Waals surface area contributed by atoms with Crippen molar-refractivity contribution in [1.29, 1.82) is 0 Å². The van der Waals surface area contributed by atoms with Gasteiger partial charge in [-0.25, -0.2) is 0 Å². The summed E-state index contributed by atoms with van der Waals surface area (Å²) in [6.07, 6.45) is 3.86. The molecule has 0 unspecified atom stereocenters. The van der Waals surface area contributed by atoms with Crippen LogP contribution in [0.5, 0.6) is 11.5 Å². The average Bonchev–Trinajstić information content (AvgIpc) is 3.48. The van der Waals surface area contributed by atoms with Gasteiger partial charge in [0.25, 0.3) is 0 Å². The third-order valence-corrected chi connectivity index (χ3v) is 6.19. The lowest BCUT2D eigenvalue weighted by Crippen LogP contribution is -2.30. The van der Waals surface area contributed by atoms with E-state index in [0.717, 1.165) is 34.3 Å². The Balaban J connectivity index is 1.66. The van der Waals surface area contributed by atoms with Gasteiger partial charge in [0.2, 0.25) is 0 Å². The second kappa shape index (κ2) is 8.96. The molecular formula is C26H24N4O2S. The summed E-state index contributed by atoms with van der Waals surface area (Å²) in [5, 5.41) is 4.16. The number of ether oxygens (including phenoxy) is 2. The first-order valence-electron chi connectivity index (χ1n) is 10.7. The monoisotopic (exact) mass is 456 g/mol. The standard InChI is InChI=1S/C26H24N4O2S/c1-31-19-14-12-18(13-15-19)30-25(24(28-26(30)33)20-8-5-6-16-27-20)22-10-7-17-29(22)21-9-3-4-11-23(21)32-2/h3-17,24-25H,1-2H3,(H,28,33)/t24-,25+/m0/s1. The molecule has 6 nitrogen and oxygen atoms in total. The van der Waals surface area contributed by atoms with Crippen LogP contribution >= 0.6 is 12.2 Å². The molecular weight excluding hydrogens is 432 g/mol. The zero-order valence-corrected chi connectivity index (χ0v) is 19.2. The zero-order valence-electron chi connectivity index (χ0n) is 18.4. The number of rotatable bonds is 6. The molecule has 0 amide bonds. The number of methoxy groups -OCH3 is 2. The summed E-state index contributed by atoms with van der Waals surface area (Å²) in [7, 11) is 3.35. The summed E-state index contributed by atoms with van der Waals surface area (Å²) in [6, 6.07) is 25.8. The molecule has 0 spiro atoms. The third kappa shape index (κ3) is 3.81. The first kappa shape index (κ1) is 21.0. The Morgan fingerprint density at radius 3 is 2.39 bits per heavy atom. The van der Waals surface area contributed by atoms with Crippen molar-refractivity contribution in [2.45, 2.75) is 12.1 Å². The number of anilines is 1. The van der Waals surface area contributed by atoms with Gasteiger partial charge in [-0.05, 0) is 72.9 Å². The zero-order chi connectivity index (χ0) is 22.8. The van der Waals surface area contributed by atoms with Gasteiger partial charge in [-0.15, -0.1) is 0 Å². The van der Waals surface area contributed by atoms with Crippen LogP contribution < -0.4 is 19.7 Å². The molecule has 1 saturated heterocycles. The molecule has 1 fully saturated rings. The molecule has 1 aliphatic heterocycles. The lowest BCUT2D eigenvalue weighted by Gasteiger charge is -2.29. The van der Waals surface area contributed by atoms with Crippen molar-refractivity contribution < 1.29 is 9.47 Å². The Bertz CT molecular complexity index is 1260. The van der Waals surface area contributed by atoms with E-state index in [1.165, 1.54) is 0 Å². The van der Waals surface area contributed by atoms with E-state index in [1.807, 2.05) is 72.9 Å². The molecule has 2 atom stereocenters. The predicted molar refractivity (Wildman–Crippen MR) is 133 cm³/mol. The van der Waals surface area contributed by atoms with E-state index >= 15 is 0 Å². The highest BCUT2D eigenvalue weighted by Crippen LogP contribution is 2.43. The number of nitrogens with one attached hydrogen (secondary N) is 1. The maximum atomic E-state index is 5.84. The number of nitrogens with zero attached hydrogens (tertiary/aromatic N) is 3. The van der Waals surface area contributed by atoms with Crippen LogP contribution in [0.2, 0.25) is 0 Å². The van der Waals surface area contributed by atoms with Crippen LogP contribution in [-0.4, -0.2) is 28.9 Å². The van der Waals surface area contributed by atoms with Crippen LogP contribution in [0.25, 0.3) is 5.69 Å². The maximum Gasteiger partial charge on any atom is 0.174 e. The van der Waals surface area contributed by atoms with Crippen molar-refractivity contribution in [3.63, 3.8) is 0 Å². The van der Waals surface area contributed by atoms with Gasteiger partial charge in [0.15, 0.2) is 5.11 Å². The molecule has 166 valence electrons. The largest absolute Gasteiger partial charge is 0.497 e. The molecule has 0 bridgehead atoms. The smallest absolute Gasteiger partial charge is 0.174 e. The summed E-state index contributed by atoms with van der Waals surface area (Å²) in [5.74, 6) is 1.60. The number of pyridine rings is 1. The molecule has 3 heterocycles. The molecule has 0 radical (unpaired) electrons. The summed E-state index contributed by atoms with van der Waals surface area (Å²) < 4.78 is 13.2. The molecule has 2 aromatic carbocycles. The van der Waals surface area contributed by atoms with Crippen LogP contribution in [0.15, 0.2) is 91.3 Å². The molecule has 4 aromatic rings. The van der Waals surface area contributed by atoms with Gasteiger partial charge in [-0.1, -0.05) is 18.2 Å². The predicted octanol–water partition coefficient (Wildman–Crippen LogP) is 5.07. The Morgan fingerprint density at radius 2 is 1.67 bits per heavy atom. The highest BCUT2D eigenvalue weighted by molar-refractivity contribution is 7.80. The molecule has 0 saturated carbocycles. The van der Waals surface area contributed by atoms with E-state index < -0.39 is 0 Å². The molecule has 2 aromatic heterocycles. The maximum absolute atomic E-state index is 5.84. The van der Waals surface area contributed by atoms with Crippen molar-refractivity contribution in [2.75, 3.05) is 19.1 Å². The summed E-state index contributed by atoms with van der Waals surface area (Å²) in [6.45, 7) is 0. The lowest BCUT2D eigenvalue weighted by molar-refractivity contribution is 0.412. The van der Waals surface area contributed by atoms with Crippen molar-refractivity contribution in [3.05, 3.63) is 103 Å². The molecule has 33 heavy (non-hydrogen) atoms. The minimum atomic E-state index is -0.138. The van der Waals surface area contributed by atoms with Crippen molar-refractivity contribution in [3.8, 4) is 17.2 Å². The number of aromatic nitrogens is 2. The lowest BCUT2D eigenvalue weighted by atomic mass is 10.0. The summed E-state index contributed by atoms with van der Waals surface area (Å²) in [4.78, 5) is 6.79. The van der Waals surface area contributed by atoms with Gasteiger partial charge in [0.05, 0.1) is 31.6 Å². The van der Waals surface area contributed by atoms with Crippen molar-refractivity contribution >= 4 is 23.0 Å². The fourth-order valence-electron chi connectivity index (χ4n) is 4.36. The Hall–Kier alpha value is -3.84. The summed E-state index contributed by atoms with van der Waals surface area (Å²) >= 11 is 5.84. The first-order valence-corrected chi connectivity index (χ1v) is 11.1. The van der Waals surface area contributed by atoms with E-state index in [4.69, 9.17) is 21.7 Å². The normalized spacial score (nSPS) is 17.6. The van der Waals surface area contributed by atoms with E-state index in [0.29, 0.717) is 5.11 Å². The van der Waals surface area contributed by atoms with Crippen LogP contribution in [0.3, 0.4) is 0 Å². The van der Waals surface area contributed by atoms with Gasteiger partial charge in [-0.2, -0.15) is 0 Å². The van der Waals surface area contributed by atoms with Gasteiger partial charge in [-0.3, -0.25) is 4.98 Å². The first-order chi connectivity index (χ1) is 16.2. The molecule has 7 heteroatoms. The quantitative estimate of drug-likeness (QED) is 0.409. The van der Waals surface area contributed by atoms with Crippen molar-refractivity contribution in [2.24, 2.45) is 0 Å². The average molecular weight is 457 g/mol. The number of benzene rings is 2. The van der Waals surface area contributed by atoms with Crippen LogP contribution in [0.4, 0.5) is 5.69 Å². The van der Waals surface area contributed by atoms with Gasteiger partial charge < -0.3 is 24.3 Å². The second-order valence-electron chi connectivity index (χ2n) is 7.67. The second-order valence-corrected chi connectivity index (χ2v) is 8.06. The highest BCUT2D eigenvalue weighted by atomic mass is 32.1. The van der Waals surface area contributed by atoms with Crippen LogP contribution in [0.1, 0.15) is 23.5 Å². The molecule has 0 aliphatic carbocycles. The summed E-state index contributed by atoms with van der Waals surface area (Å²) in [5.41, 5.74) is 3.93. The number of hydrogen-bond acceptors (Lipinski definition) is 4. The Morgan fingerprint density at radius 1 is 0.879 bits per heavy atom. The fourth-order valence-corrected chi connectivity index (χ4v) is 4.71. The topological polar surface area (TPSA) is 51.5 Å². The number of thiocarbonyl (C=S) groups is 1. The fraction of sp³-hybridized carbons (Fsp3) is 0.154. The number of para-hydroxylation sites is 2. The van der Waals surface area contributed by atoms with E-state index in [2.05, 4.69) is 38.1 Å². The Kier molecular flexibility index (Phi) is 5.71. The van der Waals surface area contributed by atoms with Gasteiger partial charge in [0, 0.05) is 23.8 Å². The molecule has 1 N–H and O–H groups in total. The van der Waals surface area contributed by atoms with E-state index in [-0.39, 0.29) is 12.1 Å². The van der Waals surface area contributed by atoms with Crippen LogP contribution in [-0.2, 0) is 0 Å². The van der Waals surface area contributed by atoms with Crippen molar-refractivity contribution in [1.82, 2.24) is 14.9 Å². The van der Waals surface area contributed by atoms with E-state index in [9.17, 15) is 0 Å². The minimum absolute atomic E-state index is 0.135.